The van der Waals surface area contributed by atoms with E-state index in [4.69, 9.17) is 0 Å². The zero-order valence-corrected chi connectivity index (χ0v) is 10.9. The maximum atomic E-state index is 4.30. The SMILES string of the molecule is CC(C)N(CCc1nccs1)c1ncccn1. The summed E-state index contributed by atoms with van der Waals surface area (Å²) in [6, 6.07) is 2.22. The lowest BCUT2D eigenvalue weighted by atomic mass is 10.3. The van der Waals surface area contributed by atoms with Crippen LogP contribution in [0.15, 0.2) is 30.0 Å². The van der Waals surface area contributed by atoms with E-state index in [0.29, 0.717) is 6.04 Å². The first-order valence-corrected chi connectivity index (χ1v) is 6.57. The quantitative estimate of drug-likeness (QED) is 0.814. The second-order valence-corrected chi connectivity index (χ2v) is 4.99. The van der Waals surface area contributed by atoms with E-state index < -0.39 is 0 Å². The summed E-state index contributed by atoms with van der Waals surface area (Å²) >= 11 is 1.69. The molecule has 17 heavy (non-hydrogen) atoms. The minimum Gasteiger partial charge on any atom is -0.338 e. The molecule has 0 aliphatic heterocycles. The van der Waals surface area contributed by atoms with Crippen molar-refractivity contribution in [2.75, 3.05) is 11.4 Å². The van der Waals surface area contributed by atoms with E-state index in [1.807, 2.05) is 17.6 Å². The summed E-state index contributed by atoms with van der Waals surface area (Å²) in [5.41, 5.74) is 0. The summed E-state index contributed by atoms with van der Waals surface area (Å²) in [6.45, 7) is 5.20. The molecular formula is C12H16N4S. The highest BCUT2D eigenvalue weighted by molar-refractivity contribution is 7.09. The Morgan fingerprint density at radius 3 is 2.53 bits per heavy atom. The Bertz CT molecular complexity index is 427. The number of hydrogen-bond acceptors (Lipinski definition) is 5. The summed E-state index contributed by atoms with van der Waals surface area (Å²) in [6.07, 6.45) is 6.34. The molecule has 0 saturated carbocycles. The van der Waals surface area contributed by atoms with Crippen molar-refractivity contribution in [3.63, 3.8) is 0 Å². The first kappa shape index (κ1) is 12.0. The maximum Gasteiger partial charge on any atom is 0.225 e. The van der Waals surface area contributed by atoms with E-state index in [1.54, 1.807) is 23.7 Å². The van der Waals surface area contributed by atoms with Crippen molar-refractivity contribution in [1.82, 2.24) is 15.0 Å². The van der Waals surface area contributed by atoms with Gasteiger partial charge < -0.3 is 4.90 Å². The Balaban J connectivity index is 2.03. The van der Waals surface area contributed by atoms with Crippen LogP contribution in [-0.2, 0) is 6.42 Å². The van der Waals surface area contributed by atoms with Gasteiger partial charge in [-0.05, 0) is 19.9 Å². The van der Waals surface area contributed by atoms with Crippen molar-refractivity contribution < 1.29 is 0 Å². The van der Waals surface area contributed by atoms with Crippen molar-refractivity contribution in [1.29, 1.82) is 0 Å². The molecule has 0 aromatic carbocycles. The van der Waals surface area contributed by atoms with Gasteiger partial charge in [-0.25, -0.2) is 15.0 Å². The molecule has 90 valence electrons. The molecule has 2 heterocycles. The van der Waals surface area contributed by atoms with Crippen molar-refractivity contribution in [3.8, 4) is 0 Å². The Kier molecular flexibility index (Phi) is 4.03. The fraction of sp³-hybridized carbons (Fsp3) is 0.417. The number of nitrogens with zero attached hydrogens (tertiary/aromatic N) is 4. The van der Waals surface area contributed by atoms with Crippen molar-refractivity contribution in [3.05, 3.63) is 35.0 Å². The monoisotopic (exact) mass is 248 g/mol. The topological polar surface area (TPSA) is 41.9 Å². The Hall–Kier alpha value is -1.49. The predicted molar refractivity (Wildman–Crippen MR) is 70.3 cm³/mol. The van der Waals surface area contributed by atoms with Crippen LogP contribution in [0.1, 0.15) is 18.9 Å². The number of rotatable bonds is 5. The summed E-state index contributed by atoms with van der Waals surface area (Å²) < 4.78 is 0. The van der Waals surface area contributed by atoms with Gasteiger partial charge in [0, 0.05) is 43.0 Å². The van der Waals surface area contributed by atoms with Gasteiger partial charge in [-0.15, -0.1) is 11.3 Å². The second kappa shape index (κ2) is 5.72. The van der Waals surface area contributed by atoms with Gasteiger partial charge in [0.15, 0.2) is 0 Å². The minimum absolute atomic E-state index is 0.386. The Morgan fingerprint density at radius 2 is 1.94 bits per heavy atom. The van der Waals surface area contributed by atoms with Crippen molar-refractivity contribution in [2.45, 2.75) is 26.3 Å². The van der Waals surface area contributed by atoms with E-state index in [0.717, 1.165) is 23.9 Å². The molecule has 0 amide bonds. The summed E-state index contributed by atoms with van der Waals surface area (Å²) in [7, 11) is 0. The smallest absolute Gasteiger partial charge is 0.225 e. The van der Waals surface area contributed by atoms with Gasteiger partial charge >= 0.3 is 0 Å². The van der Waals surface area contributed by atoms with Crippen LogP contribution >= 0.6 is 11.3 Å². The first-order chi connectivity index (χ1) is 8.27. The van der Waals surface area contributed by atoms with Gasteiger partial charge in [-0.2, -0.15) is 0 Å². The molecule has 4 nitrogen and oxygen atoms in total. The van der Waals surface area contributed by atoms with E-state index in [1.165, 1.54) is 0 Å². The summed E-state index contributed by atoms with van der Waals surface area (Å²) in [4.78, 5) is 15.1. The van der Waals surface area contributed by atoms with E-state index in [9.17, 15) is 0 Å². The molecule has 0 aliphatic rings. The van der Waals surface area contributed by atoms with Crippen LogP contribution in [0.25, 0.3) is 0 Å². The van der Waals surface area contributed by atoms with Crippen LogP contribution < -0.4 is 4.90 Å². The van der Waals surface area contributed by atoms with Crippen molar-refractivity contribution in [2.24, 2.45) is 0 Å². The van der Waals surface area contributed by atoms with Crippen LogP contribution in [0.4, 0.5) is 5.95 Å². The number of anilines is 1. The maximum absolute atomic E-state index is 4.30. The van der Waals surface area contributed by atoms with Gasteiger partial charge in [0.05, 0.1) is 5.01 Å². The molecule has 0 aliphatic carbocycles. The standard InChI is InChI=1S/C12H16N4S/c1-10(2)16(12-14-5-3-6-15-12)8-4-11-13-7-9-17-11/h3,5-7,9-10H,4,8H2,1-2H3. The highest BCUT2D eigenvalue weighted by atomic mass is 32.1. The van der Waals surface area contributed by atoms with Gasteiger partial charge in [-0.1, -0.05) is 0 Å². The molecule has 0 spiro atoms. The summed E-state index contributed by atoms with van der Waals surface area (Å²) in [5.74, 6) is 0.791. The largest absolute Gasteiger partial charge is 0.338 e. The number of hydrogen-bond donors (Lipinski definition) is 0. The summed E-state index contributed by atoms with van der Waals surface area (Å²) in [5, 5.41) is 3.17. The van der Waals surface area contributed by atoms with Crippen LogP contribution in [0.3, 0.4) is 0 Å². The average molecular weight is 248 g/mol. The fourth-order valence-corrected chi connectivity index (χ4v) is 2.23. The normalized spacial score (nSPS) is 10.8. The zero-order chi connectivity index (χ0) is 12.1. The molecular weight excluding hydrogens is 232 g/mol. The Morgan fingerprint density at radius 1 is 1.18 bits per heavy atom. The highest BCUT2D eigenvalue weighted by Crippen LogP contribution is 2.12. The molecule has 0 atom stereocenters. The first-order valence-electron chi connectivity index (χ1n) is 5.69. The average Bonchev–Trinajstić information content (AvgIpc) is 2.83. The molecule has 5 heteroatoms. The minimum atomic E-state index is 0.386. The zero-order valence-electron chi connectivity index (χ0n) is 10.1. The molecule has 0 fully saturated rings. The number of aromatic nitrogens is 3. The molecule has 0 N–H and O–H groups in total. The Labute approximate surface area is 105 Å². The molecule has 2 rings (SSSR count). The van der Waals surface area contributed by atoms with Gasteiger partial charge in [0.25, 0.3) is 0 Å². The van der Waals surface area contributed by atoms with Gasteiger partial charge in [-0.3, -0.25) is 0 Å². The van der Waals surface area contributed by atoms with Crippen LogP contribution in [0, 0.1) is 0 Å². The molecule has 0 unspecified atom stereocenters. The van der Waals surface area contributed by atoms with E-state index in [2.05, 4.69) is 33.7 Å². The van der Waals surface area contributed by atoms with Crippen LogP contribution in [0.2, 0.25) is 0 Å². The second-order valence-electron chi connectivity index (χ2n) is 4.01. The lowest BCUT2D eigenvalue weighted by Gasteiger charge is -2.26. The molecule has 2 aromatic heterocycles. The van der Waals surface area contributed by atoms with Gasteiger partial charge in [0.1, 0.15) is 0 Å². The van der Waals surface area contributed by atoms with Crippen LogP contribution in [-0.4, -0.2) is 27.5 Å². The van der Waals surface area contributed by atoms with Gasteiger partial charge in [0.2, 0.25) is 5.95 Å². The third-order valence-corrected chi connectivity index (χ3v) is 3.32. The van der Waals surface area contributed by atoms with E-state index in [-0.39, 0.29) is 0 Å². The fourth-order valence-electron chi connectivity index (χ4n) is 1.62. The molecule has 0 saturated heterocycles. The lowest BCUT2D eigenvalue weighted by molar-refractivity contribution is 0.657. The molecule has 0 radical (unpaired) electrons. The highest BCUT2D eigenvalue weighted by Gasteiger charge is 2.13. The predicted octanol–water partition coefficient (Wildman–Crippen LogP) is 2.39. The molecule has 0 bridgehead atoms. The molecule has 2 aromatic rings. The van der Waals surface area contributed by atoms with Crippen LogP contribution in [0.5, 0.6) is 0 Å². The lowest BCUT2D eigenvalue weighted by Crippen LogP contribution is -2.34. The number of thiazole rings is 1. The van der Waals surface area contributed by atoms with Crippen molar-refractivity contribution >= 4 is 17.3 Å². The third kappa shape index (κ3) is 3.23. The third-order valence-electron chi connectivity index (χ3n) is 2.48. The van der Waals surface area contributed by atoms with E-state index >= 15 is 0 Å².